The minimum atomic E-state index is -2.57. The van der Waals surface area contributed by atoms with Crippen LogP contribution in [0.15, 0.2) is 12.7 Å². The molecular weight excluding hydrogens is 270 g/mol. The van der Waals surface area contributed by atoms with Crippen LogP contribution in [0.4, 0.5) is 5.82 Å². The van der Waals surface area contributed by atoms with Crippen LogP contribution < -0.4 is 5.73 Å². The van der Waals surface area contributed by atoms with Gasteiger partial charge in [0.05, 0.1) is 12.9 Å². The number of imidazole rings is 1. The van der Waals surface area contributed by atoms with E-state index in [1.807, 2.05) is 0 Å². The molecule has 3 heterocycles. The molecular formula is C10H13N5O5. The summed E-state index contributed by atoms with van der Waals surface area (Å²) < 4.78 is 6.55. The molecule has 0 aliphatic carbocycles. The first-order valence-electron chi connectivity index (χ1n) is 5.79. The molecule has 0 aromatic carbocycles. The van der Waals surface area contributed by atoms with Gasteiger partial charge in [0, 0.05) is 0 Å². The number of aromatic nitrogens is 4. The lowest BCUT2D eigenvalue weighted by atomic mass is 10.1. The van der Waals surface area contributed by atoms with Crippen LogP contribution in [0, 0.1) is 0 Å². The Kier molecular flexibility index (Phi) is 2.84. The second-order valence-corrected chi connectivity index (χ2v) is 4.51. The average Bonchev–Trinajstić information content (AvgIpc) is 2.92. The van der Waals surface area contributed by atoms with Gasteiger partial charge in [-0.2, -0.15) is 0 Å². The van der Waals surface area contributed by atoms with E-state index in [9.17, 15) is 15.3 Å². The molecule has 20 heavy (non-hydrogen) atoms. The number of ether oxygens (including phenoxy) is 1. The zero-order chi connectivity index (χ0) is 14.5. The van der Waals surface area contributed by atoms with Crippen LogP contribution in [-0.4, -0.2) is 64.5 Å². The van der Waals surface area contributed by atoms with Gasteiger partial charge in [-0.15, -0.1) is 0 Å². The van der Waals surface area contributed by atoms with Crippen molar-refractivity contribution in [3.63, 3.8) is 0 Å². The zero-order valence-electron chi connectivity index (χ0n) is 10.2. The van der Waals surface area contributed by atoms with Crippen LogP contribution >= 0.6 is 0 Å². The topological polar surface area (TPSA) is 160 Å². The maximum atomic E-state index is 9.96. The highest BCUT2D eigenvalue weighted by atomic mass is 16.6. The highest BCUT2D eigenvalue weighted by Gasteiger charge is 2.55. The molecule has 2 aromatic heterocycles. The summed E-state index contributed by atoms with van der Waals surface area (Å²) in [7, 11) is 0. The van der Waals surface area contributed by atoms with E-state index in [0.717, 1.165) is 0 Å². The highest BCUT2D eigenvalue weighted by Crippen LogP contribution is 2.36. The second kappa shape index (κ2) is 4.33. The minimum Gasteiger partial charge on any atom is -0.393 e. The smallest absolute Gasteiger partial charge is 0.223 e. The van der Waals surface area contributed by atoms with E-state index in [0.29, 0.717) is 5.52 Å². The van der Waals surface area contributed by atoms with E-state index < -0.39 is 30.8 Å². The Morgan fingerprint density at radius 1 is 1.35 bits per heavy atom. The lowest BCUT2D eigenvalue weighted by Gasteiger charge is -2.23. The van der Waals surface area contributed by atoms with Crippen LogP contribution in [-0.2, 0) is 4.74 Å². The molecule has 3 atom stereocenters. The molecule has 10 heteroatoms. The maximum absolute atomic E-state index is 9.96. The summed E-state index contributed by atoms with van der Waals surface area (Å²) in [6, 6.07) is 0. The molecule has 1 aliphatic rings. The monoisotopic (exact) mass is 283 g/mol. The number of anilines is 1. The molecule has 0 bridgehead atoms. The Hall–Kier alpha value is -1.85. The molecule has 0 radical (unpaired) electrons. The quantitative estimate of drug-likeness (QED) is 0.370. The summed E-state index contributed by atoms with van der Waals surface area (Å²) in [5, 5.41) is 38.5. The normalized spacial score (nSPS) is 29.1. The number of hydrogen-bond donors (Lipinski definition) is 5. The van der Waals surface area contributed by atoms with Crippen molar-refractivity contribution in [2.45, 2.75) is 24.2 Å². The maximum Gasteiger partial charge on any atom is 0.223 e. The summed E-state index contributed by atoms with van der Waals surface area (Å²) in [6.45, 7) is -0.662. The summed E-state index contributed by atoms with van der Waals surface area (Å²) in [6.07, 6.45) is -1.69. The Morgan fingerprint density at radius 3 is 2.75 bits per heavy atom. The lowest BCUT2D eigenvalue weighted by molar-refractivity contribution is -0.235. The molecule has 2 aromatic rings. The number of nitrogens with two attached hydrogens (primary N) is 1. The Balaban J connectivity index is 2.06. The van der Waals surface area contributed by atoms with Gasteiger partial charge >= 0.3 is 0 Å². The van der Waals surface area contributed by atoms with E-state index in [1.54, 1.807) is 0 Å². The fourth-order valence-electron chi connectivity index (χ4n) is 2.19. The lowest BCUT2D eigenvalue weighted by Crippen LogP contribution is -2.48. The van der Waals surface area contributed by atoms with Crippen LogP contribution in [0.3, 0.4) is 0 Å². The first kappa shape index (κ1) is 13.1. The summed E-state index contributed by atoms with van der Waals surface area (Å²) in [5.41, 5.74) is 6.22. The van der Waals surface area contributed by atoms with E-state index in [2.05, 4.69) is 15.0 Å². The number of aliphatic hydroxyl groups is 4. The summed E-state index contributed by atoms with van der Waals surface area (Å²) >= 11 is 0. The van der Waals surface area contributed by atoms with Gasteiger partial charge in [-0.25, -0.2) is 15.0 Å². The zero-order valence-corrected chi connectivity index (χ0v) is 10.2. The predicted molar refractivity (Wildman–Crippen MR) is 63.9 cm³/mol. The van der Waals surface area contributed by atoms with Gasteiger partial charge in [-0.05, 0) is 0 Å². The molecule has 108 valence electrons. The summed E-state index contributed by atoms with van der Waals surface area (Å²) in [4.78, 5) is 11.7. The molecule has 1 saturated heterocycles. The van der Waals surface area contributed by atoms with Crippen molar-refractivity contribution in [2.24, 2.45) is 0 Å². The number of rotatable bonds is 2. The van der Waals surface area contributed by atoms with Crippen molar-refractivity contribution in [1.82, 2.24) is 19.5 Å². The van der Waals surface area contributed by atoms with Gasteiger partial charge < -0.3 is 30.9 Å². The average molecular weight is 283 g/mol. The minimum absolute atomic E-state index is 0.152. The Bertz CT molecular complexity index is 644. The van der Waals surface area contributed by atoms with Crippen molar-refractivity contribution in [2.75, 3.05) is 12.3 Å². The van der Waals surface area contributed by atoms with Crippen molar-refractivity contribution in [1.29, 1.82) is 0 Å². The van der Waals surface area contributed by atoms with Crippen molar-refractivity contribution in [3.05, 3.63) is 12.7 Å². The van der Waals surface area contributed by atoms with Gasteiger partial charge in [-0.3, -0.25) is 4.57 Å². The summed E-state index contributed by atoms with van der Waals surface area (Å²) in [5.74, 6) is -2.42. The van der Waals surface area contributed by atoms with Gasteiger partial charge in [0.15, 0.2) is 23.8 Å². The second-order valence-electron chi connectivity index (χ2n) is 4.51. The first-order valence-corrected chi connectivity index (χ1v) is 5.79. The van der Waals surface area contributed by atoms with Gasteiger partial charge in [0.1, 0.15) is 17.9 Å². The predicted octanol–water partition coefficient (Wildman–Crippen LogP) is -2.66. The molecule has 0 saturated carbocycles. The van der Waals surface area contributed by atoms with Crippen LogP contribution in [0.25, 0.3) is 11.2 Å². The van der Waals surface area contributed by atoms with E-state index >= 15 is 0 Å². The molecule has 1 fully saturated rings. The van der Waals surface area contributed by atoms with Gasteiger partial charge in [0.25, 0.3) is 0 Å². The molecule has 0 spiro atoms. The number of fused-ring (bicyclic) bond motifs is 1. The molecule has 0 amide bonds. The van der Waals surface area contributed by atoms with E-state index in [-0.39, 0.29) is 11.5 Å². The van der Waals surface area contributed by atoms with E-state index in [1.165, 1.54) is 17.2 Å². The van der Waals surface area contributed by atoms with Gasteiger partial charge in [-0.1, -0.05) is 0 Å². The van der Waals surface area contributed by atoms with Crippen molar-refractivity contribution in [3.8, 4) is 0 Å². The first-order chi connectivity index (χ1) is 9.46. The number of nitrogens with zero attached hydrogens (tertiary/aromatic N) is 4. The molecule has 0 unspecified atom stereocenters. The van der Waals surface area contributed by atoms with Crippen LogP contribution in [0.2, 0.25) is 0 Å². The molecule has 10 nitrogen and oxygen atoms in total. The third kappa shape index (κ3) is 1.67. The third-order valence-corrected chi connectivity index (χ3v) is 3.31. The van der Waals surface area contributed by atoms with E-state index in [4.69, 9.17) is 15.6 Å². The highest BCUT2D eigenvalue weighted by molar-refractivity contribution is 5.81. The number of nitrogen functional groups attached to an aromatic ring is 1. The van der Waals surface area contributed by atoms with Crippen molar-refractivity contribution >= 4 is 17.0 Å². The fraction of sp³-hybridized carbons (Fsp3) is 0.500. The Morgan fingerprint density at radius 2 is 2.10 bits per heavy atom. The van der Waals surface area contributed by atoms with Crippen LogP contribution in [0.5, 0.6) is 0 Å². The molecule has 3 rings (SSSR count). The molecule has 1 aliphatic heterocycles. The SMILES string of the molecule is Nc1ncnc2c1ncn2[C@@H]1O[C@H](CO)C(O)(O)[C@H]1O. The van der Waals surface area contributed by atoms with Crippen molar-refractivity contribution < 1.29 is 25.2 Å². The standard InChI is InChI=1S/C10H13N5O5/c11-7-5-8(13-2-12-7)15(3-14-5)9-6(17)10(18,19)4(1-16)20-9/h2-4,6,9,16-19H,1H2,(H2,11,12,13)/t4-,6+,9-/m1/s1. The van der Waals surface area contributed by atoms with Crippen LogP contribution in [0.1, 0.15) is 6.23 Å². The molecule has 6 N–H and O–H groups in total. The Labute approximate surface area is 112 Å². The number of aliphatic hydroxyl groups excluding tert-OH is 2. The fourth-order valence-corrected chi connectivity index (χ4v) is 2.19. The third-order valence-electron chi connectivity index (χ3n) is 3.31. The van der Waals surface area contributed by atoms with Gasteiger partial charge in [0.2, 0.25) is 5.79 Å². The largest absolute Gasteiger partial charge is 0.393 e. The number of hydrogen-bond acceptors (Lipinski definition) is 9.